The molecule has 8 heteroatoms. The lowest BCUT2D eigenvalue weighted by Crippen LogP contribution is -2.19. The Balaban J connectivity index is 1.66. The SMILES string of the molecule is CCOc1ccccc1NC(=O)c1nnc2c(-c3ccc(OC)cc3)cnn2c1C. The average molecular weight is 403 g/mol. The molecule has 0 fully saturated rings. The number of hydrogen-bond acceptors (Lipinski definition) is 6. The number of nitrogens with zero attached hydrogens (tertiary/aromatic N) is 4. The van der Waals surface area contributed by atoms with E-state index in [2.05, 4.69) is 20.6 Å². The number of methoxy groups -OCH3 is 1. The summed E-state index contributed by atoms with van der Waals surface area (Å²) in [6, 6.07) is 14.9. The van der Waals surface area contributed by atoms with Crippen LogP contribution < -0.4 is 14.8 Å². The molecule has 4 aromatic rings. The number of aromatic nitrogens is 4. The number of amides is 1. The summed E-state index contributed by atoms with van der Waals surface area (Å²) in [4.78, 5) is 12.9. The standard InChI is InChI=1S/C22H21N5O3/c1-4-30-19-8-6-5-7-18(19)24-22(28)20-14(2)27-21(26-25-20)17(13-23-27)15-9-11-16(29-3)12-10-15/h5-13H,4H2,1-3H3,(H,24,28). The van der Waals surface area contributed by atoms with Gasteiger partial charge in [0.2, 0.25) is 0 Å². The molecule has 2 aromatic heterocycles. The first-order valence-electron chi connectivity index (χ1n) is 9.51. The predicted molar refractivity (Wildman–Crippen MR) is 113 cm³/mol. The third-order valence-corrected chi connectivity index (χ3v) is 4.70. The van der Waals surface area contributed by atoms with Gasteiger partial charge in [-0.05, 0) is 43.7 Å². The minimum atomic E-state index is -0.379. The number of fused-ring (bicyclic) bond motifs is 1. The third kappa shape index (κ3) is 3.55. The van der Waals surface area contributed by atoms with Crippen molar-refractivity contribution >= 4 is 17.2 Å². The van der Waals surface area contributed by atoms with Gasteiger partial charge in [0, 0.05) is 5.56 Å². The quantitative estimate of drug-likeness (QED) is 0.527. The second kappa shape index (κ2) is 8.20. The van der Waals surface area contributed by atoms with E-state index in [0.717, 1.165) is 16.9 Å². The summed E-state index contributed by atoms with van der Waals surface area (Å²) >= 11 is 0. The summed E-state index contributed by atoms with van der Waals surface area (Å²) in [5.74, 6) is 0.986. The largest absolute Gasteiger partial charge is 0.497 e. The minimum Gasteiger partial charge on any atom is -0.497 e. The number of rotatable bonds is 6. The monoisotopic (exact) mass is 403 g/mol. The van der Waals surface area contributed by atoms with E-state index < -0.39 is 0 Å². The van der Waals surface area contributed by atoms with Gasteiger partial charge in [0.15, 0.2) is 11.3 Å². The van der Waals surface area contributed by atoms with Crippen LogP contribution >= 0.6 is 0 Å². The van der Waals surface area contributed by atoms with Crippen molar-refractivity contribution in [2.75, 3.05) is 19.0 Å². The maximum absolute atomic E-state index is 12.9. The number of aryl methyl sites for hydroxylation is 1. The van der Waals surface area contributed by atoms with Gasteiger partial charge in [0.25, 0.3) is 5.91 Å². The molecule has 8 nitrogen and oxygen atoms in total. The van der Waals surface area contributed by atoms with Crippen molar-refractivity contribution in [1.82, 2.24) is 19.8 Å². The van der Waals surface area contributed by atoms with Crippen molar-refractivity contribution in [3.8, 4) is 22.6 Å². The molecule has 0 aliphatic carbocycles. The lowest BCUT2D eigenvalue weighted by Gasteiger charge is -2.12. The molecule has 2 aromatic carbocycles. The lowest BCUT2D eigenvalue weighted by molar-refractivity contribution is 0.101. The zero-order valence-corrected chi connectivity index (χ0v) is 16.9. The maximum Gasteiger partial charge on any atom is 0.278 e. The van der Waals surface area contributed by atoms with E-state index in [0.29, 0.717) is 29.4 Å². The van der Waals surface area contributed by atoms with Crippen molar-refractivity contribution in [2.24, 2.45) is 0 Å². The van der Waals surface area contributed by atoms with Crippen molar-refractivity contribution in [3.63, 3.8) is 0 Å². The fourth-order valence-electron chi connectivity index (χ4n) is 3.17. The van der Waals surface area contributed by atoms with Gasteiger partial charge in [-0.1, -0.05) is 24.3 Å². The molecule has 0 atom stereocenters. The van der Waals surface area contributed by atoms with Crippen LogP contribution in [0.15, 0.2) is 54.7 Å². The first-order valence-corrected chi connectivity index (χ1v) is 9.51. The van der Waals surface area contributed by atoms with E-state index >= 15 is 0 Å². The van der Waals surface area contributed by atoms with Gasteiger partial charge in [-0.2, -0.15) is 5.10 Å². The second-order valence-corrected chi connectivity index (χ2v) is 6.54. The van der Waals surface area contributed by atoms with E-state index in [1.165, 1.54) is 0 Å². The second-order valence-electron chi connectivity index (χ2n) is 6.54. The maximum atomic E-state index is 12.9. The molecule has 0 aliphatic rings. The Morgan fingerprint density at radius 3 is 2.60 bits per heavy atom. The van der Waals surface area contributed by atoms with Crippen LogP contribution in [0.4, 0.5) is 5.69 Å². The first kappa shape index (κ1) is 19.4. The average Bonchev–Trinajstić information content (AvgIpc) is 3.20. The highest BCUT2D eigenvalue weighted by Gasteiger charge is 2.19. The molecule has 0 unspecified atom stereocenters. The van der Waals surface area contributed by atoms with Crippen molar-refractivity contribution in [1.29, 1.82) is 0 Å². The number of anilines is 1. The van der Waals surface area contributed by atoms with Crippen LogP contribution in [0.3, 0.4) is 0 Å². The van der Waals surface area contributed by atoms with Gasteiger partial charge < -0.3 is 14.8 Å². The normalized spacial score (nSPS) is 10.8. The van der Waals surface area contributed by atoms with Crippen LogP contribution in [0.2, 0.25) is 0 Å². The molecule has 152 valence electrons. The van der Waals surface area contributed by atoms with E-state index in [1.54, 1.807) is 36.9 Å². The number of carbonyl (C=O) groups excluding carboxylic acids is 1. The van der Waals surface area contributed by atoms with Crippen LogP contribution in [0, 0.1) is 6.92 Å². The number of ether oxygens (including phenoxy) is 2. The summed E-state index contributed by atoms with van der Waals surface area (Å²) in [6.07, 6.45) is 1.71. The van der Waals surface area contributed by atoms with Crippen LogP contribution in [0.1, 0.15) is 23.1 Å². The minimum absolute atomic E-state index is 0.193. The van der Waals surface area contributed by atoms with Crippen LogP contribution in [-0.2, 0) is 0 Å². The lowest BCUT2D eigenvalue weighted by atomic mass is 10.1. The highest BCUT2D eigenvalue weighted by molar-refractivity contribution is 6.04. The highest BCUT2D eigenvalue weighted by atomic mass is 16.5. The van der Waals surface area contributed by atoms with Crippen LogP contribution in [-0.4, -0.2) is 39.4 Å². The molecule has 30 heavy (non-hydrogen) atoms. The van der Waals surface area contributed by atoms with E-state index in [4.69, 9.17) is 9.47 Å². The molecule has 0 aliphatic heterocycles. The number of carbonyl (C=O) groups is 1. The van der Waals surface area contributed by atoms with Crippen molar-refractivity contribution in [3.05, 3.63) is 66.1 Å². The molecule has 4 rings (SSSR count). The van der Waals surface area contributed by atoms with Gasteiger partial charge in [0.05, 0.1) is 31.3 Å². The van der Waals surface area contributed by atoms with Crippen molar-refractivity contribution < 1.29 is 14.3 Å². The number of benzene rings is 2. The molecule has 1 N–H and O–H groups in total. The first-order chi connectivity index (χ1) is 14.6. The molecule has 0 bridgehead atoms. The number of para-hydroxylation sites is 2. The van der Waals surface area contributed by atoms with Crippen molar-refractivity contribution in [2.45, 2.75) is 13.8 Å². The Hall–Kier alpha value is -3.94. The van der Waals surface area contributed by atoms with Gasteiger partial charge in [-0.25, -0.2) is 4.52 Å². The molecular formula is C22H21N5O3. The van der Waals surface area contributed by atoms with Gasteiger partial charge >= 0.3 is 0 Å². The molecule has 2 heterocycles. The smallest absolute Gasteiger partial charge is 0.278 e. The van der Waals surface area contributed by atoms with E-state index in [1.807, 2.05) is 43.3 Å². The van der Waals surface area contributed by atoms with Gasteiger partial charge in [-0.3, -0.25) is 4.79 Å². The Labute approximate surface area is 173 Å². The Bertz CT molecular complexity index is 1200. The Kier molecular flexibility index (Phi) is 5.30. The van der Waals surface area contributed by atoms with Crippen LogP contribution in [0.25, 0.3) is 16.8 Å². The molecule has 1 amide bonds. The summed E-state index contributed by atoms with van der Waals surface area (Å²) in [5, 5.41) is 15.7. The van der Waals surface area contributed by atoms with E-state index in [9.17, 15) is 4.79 Å². The van der Waals surface area contributed by atoms with Crippen LogP contribution in [0.5, 0.6) is 11.5 Å². The summed E-state index contributed by atoms with van der Waals surface area (Å²) < 4.78 is 12.4. The molecule has 0 radical (unpaired) electrons. The Morgan fingerprint density at radius 2 is 1.87 bits per heavy atom. The fraction of sp³-hybridized carbons (Fsp3) is 0.182. The van der Waals surface area contributed by atoms with Gasteiger partial charge in [-0.15, -0.1) is 10.2 Å². The number of nitrogens with one attached hydrogen (secondary N) is 1. The zero-order valence-electron chi connectivity index (χ0n) is 16.9. The molecular weight excluding hydrogens is 382 g/mol. The number of hydrogen-bond donors (Lipinski definition) is 1. The third-order valence-electron chi connectivity index (χ3n) is 4.70. The van der Waals surface area contributed by atoms with Gasteiger partial charge in [0.1, 0.15) is 11.5 Å². The predicted octanol–water partition coefficient (Wildman–Crippen LogP) is 3.76. The van der Waals surface area contributed by atoms with E-state index in [-0.39, 0.29) is 11.6 Å². The summed E-state index contributed by atoms with van der Waals surface area (Å²) in [5.41, 5.74) is 3.68. The Morgan fingerprint density at radius 1 is 1.10 bits per heavy atom. The topological polar surface area (TPSA) is 90.6 Å². The molecule has 0 saturated heterocycles. The summed E-state index contributed by atoms with van der Waals surface area (Å²) in [6.45, 7) is 4.18. The molecule has 0 spiro atoms. The fourth-order valence-corrected chi connectivity index (χ4v) is 3.17. The zero-order chi connectivity index (χ0) is 21.1. The molecule has 0 saturated carbocycles. The summed E-state index contributed by atoms with van der Waals surface area (Å²) in [7, 11) is 1.62. The highest BCUT2D eigenvalue weighted by Crippen LogP contribution is 2.27.